The van der Waals surface area contributed by atoms with Crippen LogP contribution >= 0.6 is 22.6 Å². The van der Waals surface area contributed by atoms with Gasteiger partial charge in [-0.3, -0.25) is 4.79 Å². The lowest BCUT2D eigenvalue weighted by Gasteiger charge is -2.10. The Morgan fingerprint density at radius 1 is 1.33 bits per heavy atom. The molecule has 0 fully saturated rings. The monoisotopic (exact) mass is 332 g/mol. The van der Waals surface area contributed by atoms with E-state index in [1.165, 1.54) is 6.92 Å². The number of benzene rings is 1. The number of ketones is 1. The molecule has 0 amide bonds. The lowest BCUT2D eigenvalue weighted by atomic mass is 10.1. The summed E-state index contributed by atoms with van der Waals surface area (Å²) in [7, 11) is 0. The zero-order valence-corrected chi connectivity index (χ0v) is 9.61. The van der Waals surface area contributed by atoms with E-state index in [-0.39, 0.29) is 9.13 Å². The minimum absolute atomic E-state index is 0.0406. The van der Waals surface area contributed by atoms with Gasteiger partial charge in [-0.25, -0.2) is 4.39 Å². The topological polar surface area (TPSA) is 17.1 Å². The molecule has 0 saturated heterocycles. The second kappa shape index (κ2) is 4.07. The number of hydrogen-bond acceptors (Lipinski definition) is 1. The van der Waals surface area contributed by atoms with Crippen LogP contribution in [0.4, 0.5) is 17.6 Å². The van der Waals surface area contributed by atoms with E-state index in [1.54, 1.807) is 22.6 Å². The van der Waals surface area contributed by atoms with Gasteiger partial charge < -0.3 is 0 Å². The molecular formula is C9H5F4IO. The summed E-state index contributed by atoms with van der Waals surface area (Å²) in [5.41, 5.74) is -1.39. The highest BCUT2D eigenvalue weighted by Crippen LogP contribution is 2.33. The van der Waals surface area contributed by atoms with Crippen LogP contribution in [0.15, 0.2) is 12.1 Å². The Kier molecular flexibility index (Phi) is 3.37. The summed E-state index contributed by atoms with van der Waals surface area (Å²) in [4.78, 5) is 10.9. The summed E-state index contributed by atoms with van der Waals surface area (Å²) in [6.45, 7) is 1.17. The van der Waals surface area contributed by atoms with Gasteiger partial charge in [0.1, 0.15) is 5.82 Å². The van der Waals surface area contributed by atoms with E-state index in [1.807, 2.05) is 0 Å². The van der Waals surface area contributed by atoms with Crippen LogP contribution in [-0.2, 0) is 6.18 Å². The van der Waals surface area contributed by atoms with Crippen LogP contribution in [-0.4, -0.2) is 5.78 Å². The highest BCUT2D eigenvalue weighted by Gasteiger charge is 2.34. The van der Waals surface area contributed by atoms with E-state index in [4.69, 9.17) is 0 Å². The van der Waals surface area contributed by atoms with Crippen molar-refractivity contribution < 1.29 is 22.4 Å². The van der Waals surface area contributed by atoms with Crippen LogP contribution in [0.1, 0.15) is 22.8 Å². The molecule has 82 valence electrons. The molecule has 0 aliphatic carbocycles. The predicted octanol–water partition coefficient (Wildman–Crippen LogP) is 3.65. The van der Waals surface area contributed by atoms with Gasteiger partial charge in [0.05, 0.1) is 5.56 Å². The highest BCUT2D eigenvalue weighted by atomic mass is 127. The molecule has 1 aromatic carbocycles. The second-order valence-corrected chi connectivity index (χ2v) is 4.03. The first-order valence-electron chi connectivity index (χ1n) is 3.80. The SMILES string of the molecule is CC(=O)c1cc(F)c(C(F)(F)F)cc1I. The number of alkyl halides is 3. The van der Waals surface area contributed by atoms with E-state index >= 15 is 0 Å². The summed E-state index contributed by atoms with van der Waals surface area (Å²) >= 11 is 1.57. The van der Waals surface area contributed by atoms with Crippen LogP contribution in [0, 0.1) is 9.39 Å². The van der Waals surface area contributed by atoms with Crippen LogP contribution in [0.2, 0.25) is 0 Å². The Morgan fingerprint density at radius 2 is 1.87 bits per heavy atom. The third-order valence-corrected chi connectivity index (χ3v) is 2.63. The van der Waals surface area contributed by atoms with Crippen molar-refractivity contribution in [3.8, 4) is 0 Å². The van der Waals surface area contributed by atoms with Crippen LogP contribution < -0.4 is 0 Å². The van der Waals surface area contributed by atoms with Gasteiger partial charge in [0.2, 0.25) is 0 Å². The Morgan fingerprint density at radius 3 is 2.27 bits per heavy atom. The molecule has 0 bridgehead atoms. The molecule has 1 rings (SSSR count). The molecule has 0 spiro atoms. The van der Waals surface area contributed by atoms with Gasteiger partial charge in [-0.2, -0.15) is 13.2 Å². The maximum atomic E-state index is 13.0. The van der Waals surface area contributed by atoms with Crippen molar-refractivity contribution in [2.24, 2.45) is 0 Å². The molecule has 0 unspecified atom stereocenters. The molecule has 0 N–H and O–H groups in total. The molecular weight excluding hydrogens is 327 g/mol. The van der Waals surface area contributed by atoms with Gasteiger partial charge in [0, 0.05) is 9.13 Å². The molecule has 1 nitrogen and oxygen atoms in total. The van der Waals surface area contributed by atoms with Crippen molar-refractivity contribution in [3.05, 3.63) is 32.6 Å². The molecule has 1 aromatic rings. The minimum atomic E-state index is -4.74. The predicted molar refractivity (Wildman–Crippen MR) is 54.1 cm³/mol. The fraction of sp³-hybridized carbons (Fsp3) is 0.222. The standard InChI is InChI=1S/C9H5F4IO/c1-4(15)5-2-7(10)6(3-8(5)14)9(11,12)13/h2-3H,1H3. The molecule has 0 atom stereocenters. The summed E-state index contributed by atoms with van der Waals surface area (Å²) in [5, 5.41) is 0. The Balaban J connectivity index is 3.39. The first-order chi connectivity index (χ1) is 6.73. The van der Waals surface area contributed by atoms with Gasteiger partial charge in [-0.1, -0.05) is 0 Å². The maximum absolute atomic E-state index is 13.0. The van der Waals surface area contributed by atoms with Crippen molar-refractivity contribution >= 4 is 28.4 Å². The van der Waals surface area contributed by atoms with Crippen molar-refractivity contribution in [2.75, 3.05) is 0 Å². The smallest absolute Gasteiger partial charge is 0.294 e. The van der Waals surface area contributed by atoms with E-state index < -0.39 is 23.3 Å². The lowest BCUT2D eigenvalue weighted by Crippen LogP contribution is -2.10. The normalized spacial score (nSPS) is 11.6. The zero-order chi connectivity index (χ0) is 11.8. The van der Waals surface area contributed by atoms with Gasteiger partial charge in [-0.05, 0) is 41.6 Å². The van der Waals surface area contributed by atoms with Gasteiger partial charge in [0.15, 0.2) is 5.78 Å². The molecule has 0 heterocycles. The number of carbonyl (C=O) groups is 1. The van der Waals surface area contributed by atoms with Crippen molar-refractivity contribution in [1.29, 1.82) is 0 Å². The summed E-state index contributed by atoms with van der Waals surface area (Å²) in [5.74, 6) is -1.89. The molecule has 0 aromatic heterocycles. The lowest BCUT2D eigenvalue weighted by molar-refractivity contribution is -0.140. The number of Topliss-reactive ketones (excluding diaryl/α,β-unsaturated/α-hetero) is 1. The first kappa shape index (κ1) is 12.4. The largest absolute Gasteiger partial charge is 0.419 e. The van der Waals surface area contributed by atoms with Gasteiger partial charge >= 0.3 is 6.18 Å². The zero-order valence-electron chi connectivity index (χ0n) is 7.45. The van der Waals surface area contributed by atoms with Crippen molar-refractivity contribution in [1.82, 2.24) is 0 Å². The molecule has 0 aliphatic rings. The Labute approximate surface area is 96.6 Å². The van der Waals surface area contributed by atoms with Gasteiger partial charge in [-0.15, -0.1) is 0 Å². The molecule has 15 heavy (non-hydrogen) atoms. The average Bonchev–Trinajstić information content (AvgIpc) is 2.06. The van der Waals surface area contributed by atoms with E-state index in [0.717, 1.165) is 0 Å². The summed E-state index contributed by atoms with van der Waals surface area (Å²) < 4.78 is 49.8. The minimum Gasteiger partial charge on any atom is -0.294 e. The third kappa shape index (κ3) is 2.67. The molecule has 0 saturated carbocycles. The van der Waals surface area contributed by atoms with Gasteiger partial charge in [0.25, 0.3) is 0 Å². The molecule has 0 radical (unpaired) electrons. The van der Waals surface area contributed by atoms with Crippen LogP contribution in [0.5, 0.6) is 0 Å². The summed E-state index contributed by atoms with van der Waals surface area (Å²) in [6.07, 6.45) is -4.74. The number of rotatable bonds is 1. The number of carbonyl (C=O) groups excluding carboxylic acids is 1. The number of hydrogen-bond donors (Lipinski definition) is 0. The average molecular weight is 332 g/mol. The highest BCUT2D eigenvalue weighted by molar-refractivity contribution is 14.1. The maximum Gasteiger partial charge on any atom is 0.419 e. The Hall–Kier alpha value is -0.660. The quantitative estimate of drug-likeness (QED) is 0.436. The van der Waals surface area contributed by atoms with E-state index in [0.29, 0.717) is 12.1 Å². The van der Waals surface area contributed by atoms with E-state index in [2.05, 4.69) is 0 Å². The third-order valence-electron chi connectivity index (χ3n) is 1.74. The van der Waals surface area contributed by atoms with Crippen molar-refractivity contribution in [2.45, 2.75) is 13.1 Å². The van der Waals surface area contributed by atoms with E-state index in [9.17, 15) is 22.4 Å². The van der Waals surface area contributed by atoms with Crippen molar-refractivity contribution in [3.63, 3.8) is 0 Å². The van der Waals surface area contributed by atoms with Crippen LogP contribution in [0.25, 0.3) is 0 Å². The number of halogens is 5. The molecule has 6 heteroatoms. The molecule has 0 aliphatic heterocycles. The first-order valence-corrected chi connectivity index (χ1v) is 4.88. The Bertz CT molecular complexity index is 411. The fourth-order valence-corrected chi connectivity index (χ4v) is 1.88. The van der Waals surface area contributed by atoms with Crippen LogP contribution in [0.3, 0.4) is 0 Å². The summed E-state index contributed by atoms with van der Waals surface area (Å²) in [6, 6.07) is 1.25. The second-order valence-electron chi connectivity index (χ2n) is 2.87. The fourth-order valence-electron chi connectivity index (χ4n) is 1.03.